The molecule has 0 spiro atoms. The molecule has 0 aromatic heterocycles. The van der Waals surface area contributed by atoms with Crippen LogP contribution in [0, 0.1) is 0 Å². The van der Waals surface area contributed by atoms with Gasteiger partial charge in [0, 0.05) is 12.1 Å². The fourth-order valence-corrected chi connectivity index (χ4v) is 2.35. The first-order valence-electron chi connectivity index (χ1n) is 7.04. The van der Waals surface area contributed by atoms with Gasteiger partial charge in [0.05, 0.1) is 0 Å². The van der Waals surface area contributed by atoms with Crippen LogP contribution in [-0.4, -0.2) is 24.8 Å². The van der Waals surface area contributed by atoms with E-state index in [1.165, 1.54) is 11.1 Å². The Hall–Kier alpha value is -1.93. The second-order valence-corrected chi connectivity index (χ2v) is 5.19. The summed E-state index contributed by atoms with van der Waals surface area (Å²) in [5.74, 6) is 0. The van der Waals surface area contributed by atoms with Gasteiger partial charge in [0.15, 0.2) is 0 Å². The van der Waals surface area contributed by atoms with E-state index in [4.69, 9.17) is 0 Å². The SMILES string of the molecule is CN(CCCc1cccc(C=O)c1)Cc1ccccc1. The molecular formula is C18H21NO. The largest absolute Gasteiger partial charge is 0.302 e. The van der Waals surface area contributed by atoms with E-state index >= 15 is 0 Å². The molecule has 2 nitrogen and oxygen atoms in total. The molecule has 0 saturated heterocycles. The molecular weight excluding hydrogens is 246 g/mol. The minimum Gasteiger partial charge on any atom is -0.302 e. The summed E-state index contributed by atoms with van der Waals surface area (Å²) in [4.78, 5) is 13.1. The average molecular weight is 267 g/mol. The van der Waals surface area contributed by atoms with Crippen molar-refractivity contribution in [1.82, 2.24) is 4.90 Å². The van der Waals surface area contributed by atoms with Crippen LogP contribution in [0.1, 0.15) is 27.9 Å². The summed E-state index contributed by atoms with van der Waals surface area (Å²) < 4.78 is 0. The highest BCUT2D eigenvalue weighted by Crippen LogP contribution is 2.08. The molecule has 0 N–H and O–H groups in total. The van der Waals surface area contributed by atoms with E-state index in [1.54, 1.807) is 0 Å². The third kappa shape index (κ3) is 4.63. The Bertz CT molecular complexity index is 536. The molecule has 0 aliphatic heterocycles. The van der Waals surface area contributed by atoms with Crippen LogP contribution in [0.4, 0.5) is 0 Å². The van der Waals surface area contributed by atoms with Crippen LogP contribution < -0.4 is 0 Å². The lowest BCUT2D eigenvalue weighted by Crippen LogP contribution is -2.19. The van der Waals surface area contributed by atoms with Gasteiger partial charge in [-0.25, -0.2) is 0 Å². The van der Waals surface area contributed by atoms with Gasteiger partial charge in [-0.15, -0.1) is 0 Å². The maximum Gasteiger partial charge on any atom is 0.150 e. The zero-order chi connectivity index (χ0) is 14.2. The fourth-order valence-electron chi connectivity index (χ4n) is 2.35. The van der Waals surface area contributed by atoms with E-state index in [0.29, 0.717) is 0 Å². The Labute approximate surface area is 121 Å². The van der Waals surface area contributed by atoms with Gasteiger partial charge < -0.3 is 4.90 Å². The average Bonchev–Trinajstić information content (AvgIpc) is 2.48. The van der Waals surface area contributed by atoms with Gasteiger partial charge in [0.1, 0.15) is 6.29 Å². The number of hydrogen-bond donors (Lipinski definition) is 0. The van der Waals surface area contributed by atoms with E-state index in [0.717, 1.165) is 37.8 Å². The molecule has 0 saturated carbocycles. The van der Waals surface area contributed by atoms with Crippen LogP contribution >= 0.6 is 0 Å². The molecule has 2 aromatic carbocycles. The molecule has 0 aliphatic rings. The number of carbonyl (C=O) groups excluding carboxylic acids is 1. The van der Waals surface area contributed by atoms with Gasteiger partial charge in [-0.2, -0.15) is 0 Å². The first-order valence-corrected chi connectivity index (χ1v) is 7.04. The summed E-state index contributed by atoms with van der Waals surface area (Å²) in [5, 5.41) is 0. The van der Waals surface area contributed by atoms with E-state index in [-0.39, 0.29) is 0 Å². The maximum absolute atomic E-state index is 10.7. The number of nitrogens with zero attached hydrogens (tertiary/aromatic N) is 1. The molecule has 0 atom stereocenters. The monoisotopic (exact) mass is 267 g/mol. The van der Waals surface area contributed by atoms with Crippen molar-refractivity contribution in [1.29, 1.82) is 0 Å². The predicted octanol–water partition coefficient (Wildman–Crippen LogP) is 3.56. The molecule has 2 heteroatoms. The normalized spacial score (nSPS) is 10.7. The lowest BCUT2D eigenvalue weighted by molar-refractivity contribution is 0.112. The van der Waals surface area contributed by atoms with Crippen molar-refractivity contribution in [2.75, 3.05) is 13.6 Å². The zero-order valence-corrected chi connectivity index (χ0v) is 12.0. The molecule has 0 amide bonds. The Kier molecular flexibility index (Phi) is 5.51. The summed E-state index contributed by atoms with van der Waals surface area (Å²) in [7, 11) is 2.15. The Morgan fingerprint density at radius 2 is 1.75 bits per heavy atom. The van der Waals surface area contributed by atoms with Crippen LogP contribution in [0.25, 0.3) is 0 Å². The lowest BCUT2D eigenvalue weighted by atomic mass is 10.1. The fraction of sp³-hybridized carbons (Fsp3) is 0.278. The molecule has 0 unspecified atom stereocenters. The van der Waals surface area contributed by atoms with E-state index < -0.39 is 0 Å². The Morgan fingerprint density at radius 3 is 2.50 bits per heavy atom. The molecule has 0 radical (unpaired) electrons. The van der Waals surface area contributed by atoms with Crippen LogP contribution in [0.3, 0.4) is 0 Å². The summed E-state index contributed by atoms with van der Waals surface area (Å²) >= 11 is 0. The number of benzene rings is 2. The minimum absolute atomic E-state index is 0.764. The molecule has 0 fully saturated rings. The van der Waals surface area contributed by atoms with Crippen molar-refractivity contribution in [3.05, 3.63) is 71.3 Å². The van der Waals surface area contributed by atoms with Crippen molar-refractivity contribution in [3.8, 4) is 0 Å². The highest BCUT2D eigenvalue weighted by Gasteiger charge is 2.01. The summed E-state index contributed by atoms with van der Waals surface area (Å²) in [5.41, 5.74) is 3.35. The molecule has 20 heavy (non-hydrogen) atoms. The van der Waals surface area contributed by atoms with Gasteiger partial charge in [-0.05, 0) is 43.6 Å². The van der Waals surface area contributed by atoms with Gasteiger partial charge >= 0.3 is 0 Å². The van der Waals surface area contributed by atoms with Gasteiger partial charge in [-0.3, -0.25) is 4.79 Å². The second-order valence-electron chi connectivity index (χ2n) is 5.19. The van der Waals surface area contributed by atoms with E-state index in [9.17, 15) is 4.79 Å². The summed E-state index contributed by atoms with van der Waals surface area (Å²) in [6.45, 7) is 2.04. The molecule has 2 rings (SSSR count). The van der Waals surface area contributed by atoms with Gasteiger partial charge in [-0.1, -0.05) is 48.5 Å². The summed E-state index contributed by atoms with van der Waals surface area (Å²) in [6.07, 6.45) is 3.03. The van der Waals surface area contributed by atoms with Crippen molar-refractivity contribution < 1.29 is 4.79 Å². The van der Waals surface area contributed by atoms with Gasteiger partial charge in [0.25, 0.3) is 0 Å². The third-order valence-electron chi connectivity index (χ3n) is 3.39. The molecule has 0 bridgehead atoms. The third-order valence-corrected chi connectivity index (χ3v) is 3.39. The van der Waals surface area contributed by atoms with Gasteiger partial charge in [0.2, 0.25) is 0 Å². The van der Waals surface area contributed by atoms with Crippen LogP contribution in [0.15, 0.2) is 54.6 Å². The number of aldehydes is 1. The predicted molar refractivity (Wildman–Crippen MR) is 82.9 cm³/mol. The number of carbonyl (C=O) groups is 1. The summed E-state index contributed by atoms with van der Waals surface area (Å²) in [6, 6.07) is 18.4. The minimum atomic E-state index is 0.764. The van der Waals surface area contributed by atoms with Crippen LogP contribution in [0.5, 0.6) is 0 Å². The number of hydrogen-bond acceptors (Lipinski definition) is 2. The number of rotatable bonds is 7. The van der Waals surface area contributed by atoms with Crippen molar-refractivity contribution in [2.24, 2.45) is 0 Å². The smallest absolute Gasteiger partial charge is 0.150 e. The first-order chi connectivity index (χ1) is 9.78. The molecule has 0 aliphatic carbocycles. The number of aryl methyl sites for hydroxylation is 1. The molecule has 104 valence electrons. The van der Waals surface area contributed by atoms with Crippen molar-refractivity contribution in [3.63, 3.8) is 0 Å². The quantitative estimate of drug-likeness (QED) is 0.715. The Balaban J connectivity index is 1.76. The second kappa shape index (κ2) is 7.61. The zero-order valence-electron chi connectivity index (χ0n) is 12.0. The highest BCUT2D eigenvalue weighted by molar-refractivity contribution is 5.74. The van der Waals surface area contributed by atoms with E-state index in [1.807, 2.05) is 24.3 Å². The topological polar surface area (TPSA) is 20.3 Å². The standard InChI is InChI=1S/C18H21NO/c1-19(14-17-7-3-2-4-8-17)12-6-11-16-9-5-10-18(13-16)15-20/h2-5,7-10,13,15H,6,11-12,14H2,1H3. The van der Waals surface area contributed by atoms with Crippen LogP contribution in [-0.2, 0) is 13.0 Å². The first kappa shape index (κ1) is 14.5. The van der Waals surface area contributed by atoms with Crippen LogP contribution in [0.2, 0.25) is 0 Å². The highest BCUT2D eigenvalue weighted by atomic mass is 16.1. The molecule has 0 heterocycles. The lowest BCUT2D eigenvalue weighted by Gasteiger charge is -2.16. The Morgan fingerprint density at radius 1 is 1.00 bits per heavy atom. The van der Waals surface area contributed by atoms with Crippen molar-refractivity contribution >= 4 is 6.29 Å². The van der Waals surface area contributed by atoms with E-state index in [2.05, 4.69) is 42.3 Å². The molecule has 2 aromatic rings. The maximum atomic E-state index is 10.7. The van der Waals surface area contributed by atoms with Crippen molar-refractivity contribution in [2.45, 2.75) is 19.4 Å².